The van der Waals surface area contributed by atoms with E-state index >= 15 is 0 Å². The fraction of sp³-hybridized carbons (Fsp3) is 0.160. The first-order chi connectivity index (χ1) is 15.5. The summed E-state index contributed by atoms with van der Waals surface area (Å²) in [7, 11) is 1.61. The summed E-state index contributed by atoms with van der Waals surface area (Å²) in [4.78, 5) is 27.4. The molecule has 1 aliphatic heterocycles. The molecule has 32 heavy (non-hydrogen) atoms. The van der Waals surface area contributed by atoms with Crippen molar-refractivity contribution in [2.24, 2.45) is 0 Å². The predicted molar refractivity (Wildman–Crippen MR) is 135 cm³/mol. The van der Waals surface area contributed by atoms with Gasteiger partial charge in [-0.25, -0.2) is 0 Å². The third-order valence-electron chi connectivity index (χ3n) is 5.11. The highest BCUT2D eigenvalue weighted by Gasteiger charge is 2.31. The molecule has 3 aromatic rings. The molecule has 1 N–H and O–H groups in total. The van der Waals surface area contributed by atoms with E-state index in [4.69, 9.17) is 17.0 Å². The normalized spacial score (nSPS) is 14.9. The lowest BCUT2D eigenvalue weighted by Crippen LogP contribution is -2.29. The number of methoxy groups -OCH3 is 1. The number of thioether (sulfide) groups is 1. The Hall–Kier alpha value is -3.16. The molecule has 7 heteroatoms. The van der Waals surface area contributed by atoms with Crippen molar-refractivity contribution in [3.63, 3.8) is 0 Å². The van der Waals surface area contributed by atoms with E-state index in [1.165, 1.54) is 11.8 Å². The van der Waals surface area contributed by atoms with E-state index in [1.807, 2.05) is 72.8 Å². The van der Waals surface area contributed by atoms with Gasteiger partial charge >= 0.3 is 0 Å². The van der Waals surface area contributed by atoms with E-state index in [2.05, 4.69) is 5.32 Å². The van der Waals surface area contributed by atoms with Gasteiger partial charge in [0.2, 0.25) is 5.91 Å². The molecule has 162 valence electrons. The van der Waals surface area contributed by atoms with Gasteiger partial charge in [-0.2, -0.15) is 0 Å². The number of nitrogens with zero attached hydrogens (tertiary/aromatic N) is 1. The molecule has 1 aliphatic rings. The Bertz CT molecular complexity index is 1220. The smallest absolute Gasteiger partial charge is 0.266 e. The van der Waals surface area contributed by atoms with Gasteiger partial charge in [-0.3, -0.25) is 14.5 Å². The number of hydrogen-bond donors (Lipinski definition) is 1. The van der Waals surface area contributed by atoms with Gasteiger partial charge in [-0.05, 0) is 41.6 Å². The molecular weight excluding hydrogens is 440 g/mol. The topological polar surface area (TPSA) is 58.6 Å². The van der Waals surface area contributed by atoms with Crippen LogP contribution in [0.5, 0.6) is 5.75 Å². The van der Waals surface area contributed by atoms with Crippen molar-refractivity contribution in [2.45, 2.75) is 12.8 Å². The molecule has 4 rings (SSSR count). The number of carbonyl (C=O) groups excluding carboxylic acids is 2. The Kier molecular flexibility index (Phi) is 6.87. The van der Waals surface area contributed by atoms with Crippen molar-refractivity contribution >= 4 is 62.7 Å². The summed E-state index contributed by atoms with van der Waals surface area (Å²) in [5, 5.41) is 5.06. The van der Waals surface area contributed by atoms with Crippen molar-refractivity contribution < 1.29 is 14.3 Å². The molecule has 1 fully saturated rings. The maximum absolute atomic E-state index is 12.8. The van der Waals surface area contributed by atoms with Crippen molar-refractivity contribution in [1.29, 1.82) is 0 Å². The molecule has 0 bridgehead atoms. The highest BCUT2D eigenvalue weighted by atomic mass is 32.2. The van der Waals surface area contributed by atoms with Crippen LogP contribution in [-0.4, -0.2) is 34.7 Å². The van der Waals surface area contributed by atoms with Crippen LogP contribution in [0.15, 0.2) is 71.6 Å². The average molecular weight is 463 g/mol. The molecule has 0 aromatic heterocycles. The average Bonchev–Trinajstić information content (AvgIpc) is 3.06. The Balaban J connectivity index is 1.34. The van der Waals surface area contributed by atoms with Crippen LogP contribution in [0.2, 0.25) is 0 Å². The van der Waals surface area contributed by atoms with Gasteiger partial charge < -0.3 is 10.1 Å². The van der Waals surface area contributed by atoms with Crippen LogP contribution in [-0.2, 0) is 9.59 Å². The van der Waals surface area contributed by atoms with Crippen molar-refractivity contribution in [3.8, 4) is 5.75 Å². The van der Waals surface area contributed by atoms with Gasteiger partial charge in [0.05, 0.1) is 12.0 Å². The number of hydrogen-bond acceptors (Lipinski definition) is 5. The van der Waals surface area contributed by atoms with Crippen LogP contribution >= 0.6 is 24.0 Å². The summed E-state index contributed by atoms with van der Waals surface area (Å²) in [6.45, 7) is 0.406. The van der Waals surface area contributed by atoms with Gasteiger partial charge in [0, 0.05) is 24.0 Å². The third-order valence-corrected chi connectivity index (χ3v) is 6.49. The van der Waals surface area contributed by atoms with E-state index < -0.39 is 0 Å². The van der Waals surface area contributed by atoms with E-state index in [9.17, 15) is 9.59 Å². The fourth-order valence-electron chi connectivity index (χ4n) is 3.52. The molecule has 0 atom stereocenters. The molecule has 3 aromatic carbocycles. The second-order valence-electron chi connectivity index (χ2n) is 7.29. The van der Waals surface area contributed by atoms with Gasteiger partial charge in [-0.15, -0.1) is 0 Å². The SMILES string of the molecule is COc1cccc(/C=C2\SC(=S)N(CCCC(=O)Nc3cccc4ccccc34)C2=O)c1. The summed E-state index contributed by atoms with van der Waals surface area (Å²) >= 11 is 6.68. The van der Waals surface area contributed by atoms with E-state index in [0.29, 0.717) is 28.6 Å². The van der Waals surface area contributed by atoms with Crippen LogP contribution in [0.3, 0.4) is 0 Å². The van der Waals surface area contributed by atoms with Gasteiger partial charge in [0.15, 0.2) is 0 Å². The zero-order valence-electron chi connectivity index (χ0n) is 17.5. The maximum atomic E-state index is 12.8. The van der Waals surface area contributed by atoms with Crippen LogP contribution in [0.1, 0.15) is 18.4 Å². The number of carbonyl (C=O) groups is 2. The standard InChI is InChI=1S/C25H22N2O3S2/c1-30-19-10-4-7-17(15-19)16-22-24(29)27(25(31)32-22)14-6-13-23(28)26-21-12-5-9-18-8-2-3-11-20(18)21/h2-5,7-12,15-16H,6,13-14H2,1H3,(H,26,28)/b22-16-. The number of anilines is 1. The molecule has 5 nitrogen and oxygen atoms in total. The summed E-state index contributed by atoms with van der Waals surface area (Å²) in [5.41, 5.74) is 1.67. The summed E-state index contributed by atoms with van der Waals surface area (Å²) in [6, 6.07) is 21.3. The van der Waals surface area contributed by atoms with Crippen LogP contribution in [0, 0.1) is 0 Å². The minimum Gasteiger partial charge on any atom is -0.497 e. The quantitative estimate of drug-likeness (QED) is 0.373. The number of fused-ring (bicyclic) bond motifs is 1. The zero-order chi connectivity index (χ0) is 22.5. The Labute approximate surface area is 196 Å². The molecule has 1 saturated heterocycles. The van der Waals surface area contributed by atoms with Crippen LogP contribution in [0.25, 0.3) is 16.8 Å². The van der Waals surface area contributed by atoms with Crippen LogP contribution in [0.4, 0.5) is 5.69 Å². The predicted octanol–water partition coefficient (Wildman–Crippen LogP) is 5.47. The monoisotopic (exact) mass is 462 g/mol. The molecule has 0 saturated carbocycles. The lowest BCUT2D eigenvalue weighted by Gasteiger charge is -2.14. The summed E-state index contributed by atoms with van der Waals surface area (Å²) in [6.07, 6.45) is 2.64. The molecule has 0 unspecified atom stereocenters. The molecular formula is C25H22N2O3S2. The summed E-state index contributed by atoms with van der Waals surface area (Å²) in [5.74, 6) is 0.516. The molecule has 2 amide bonds. The fourth-order valence-corrected chi connectivity index (χ4v) is 4.83. The van der Waals surface area contributed by atoms with Crippen molar-refractivity contribution in [3.05, 3.63) is 77.2 Å². The number of benzene rings is 3. The first-order valence-electron chi connectivity index (χ1n) is 10.2. The van der Waals surface area contributed by atoms with Gasteiger partial charge in [0.1, 0.15) is 10.1 Å². The molecule has 0 spiro atoms. The Morgan fingerprint density at radius 1 is 1.12 bits per heavy atom. The molecule has 1 heterocycles. The Morgan fingerprint density at radius 2 is 1.91 bits per heavy atom. The van der Waals surface area contributed by atoms with E-state index in [-0.39, 0.29) is 11.8 Å². The highest BCUT2D eigenvalue weighted by Crippen LogP contribution is 2.33. The van der Waals surface area contributed by atoms with E-state index in [0.717, 1.165) is 27.8 Å². The second kappa shape index (κ2) is 9.97. The number of amides is 2. The molecule has 0 aliphatic carbocycles. The number of thiocarbonyl (C=S) groups is 1. The maximum Gasteiger partial charge on any atom is 0.266 e. The number of nitrogens with one attached hydrogen (secondary N) is 1. The molecule has 0 radical (unpaired) electrons. The minimum atomic E-state index is -0.128. The van der Waals surface area contributed by atoms with Gasteiger partial charge in [-0.1, -0.05) is 72.5 Å². The summed E-state index contributed by atoms with van der Waals surface area (Å²) < 4.78 is 5.75. The van der Waals surface area contributed by atoms with Crippen LogP contribution < -0.4 is 10.1 Å². The Morgan fingerprint density at radius 3 is 2.75 bits per heavy atom. The lowest BCUT2D eigenvalue weighted by atomic mass is 10.1. The number of rotatable bonds is 7. The first-order valence-corrected chi connectivity index (χ1v) is 11.4. The largest absolute Gasteiger partial charge is 0.497 e. The minimum absolute atomic E-state index is 0.0845. The van der Waals surface area contributed by atoms with Crippen molar-refractivity contribution in [2.75, 3.05) is 19.0 Å². The number of ether oxygens (including phenoxy) is 1. The van der Waals surface area contributed by atoms with Gasteiger partial charge in [0.25, 0.3) is 5.91 Å². The zero-order valence-corrected chi connectivity index (χ0v) is 19.2. The van der Waals surface area contributed by atoms with Crippen molar-refractivity contribution in [1.82, 2.24) is 4.90 Å². The van der Waals surface area contributed by atoms with E-state index in [1.54, 1.807) is 12.0 Å². The highest BCUT2D eigenvalue weighted by molar-refractivity contribution is 8.26. The first kappa shape index (κ1) is 22.0. The third kappa shape index (κ3) is 5.00. The lowest BCUT2D eigenvalue weighted by molar-refractivity contribution is -0.122. The second-order valence-corrected chi connectivity index (χ2v) is 8.96.